The van der Waals surface area contributed by atoms with Gasteiger partial charge in [0.15, 0.2) is 0 Å². The molecule has 110 valence electrons. The summed E-state index contributed by atoms with van der Waals surface area (Å²) in [5.41, 5.74) is 1.32. The van der Waals surface area contributed by atoms with Crippen LogP contribution >= 0.6 is 0 Å². The molecule has 0 saturated carbocycles. The molecular formula is C17H26N2O. The summed E-state index contributed by atoms with van der Waals surface area (Å²) in [4.78, 5) is 2.68. The van der Waals surface area contributed by atoms with Gasteiger partial charge in [-0.05, 0) is 50.4 Å². The minimum atomic E-state index is 0.386. The predicted octanol–water partition coefficient (Wildman–Crippen LogP) is 2.97. The minimum Gasteiger partial charge on any atom is -0.497 e. The first kappa shape index (κ1) is 13.9. The second-order valence-electron chi connectivity index (χ2n) is 6.16. The summed E-state index contributed by atoms with van der Waals surface area (Å²) in [6, 6.07) is 10.2. The van der Waals surface area contributed by atoms with E-state index in [1.165, 1.54) is 44.3 Å². The van der Waals surface area contributed by atoms with E-state index in [1.807, 2.05) is 6.07 Å². The van der Waals surface area contributed by atoms with Crippen LogP contribution in [0.15, 0.2) is 24.3 Å². The standard InChI is InChI=1S/C17H26N2O/c1-13(14-6-5-7-15(12-14)20-2)18-16-9-11-19-10-4-3-8-17(16)19/h5-7,12-13,16-18H,3-4,8-11H2,1-2H3/t13-,16?,17?/m1/s1. The largest absolute Gasteiger partial charge is 0.497 e. The van der Waals surface area contributed by atoms with Gasteiger partial charge in [0.2, 0.25) is 0 Å². The highest BCUT2D eigenvalue weighted by Crippen LogP contribution is 2.29. The summed E-state index contributed by atoms with van der Waals surface area (Å²) in [5, 5.41) is 3.85. The van der Waals surface area contributed by atoms with E-state index in [9.17, 15) is 0 Å². The third-order valence-electron chi connectivity index (χ3n) is 4.91. The van der Waals surface area contributed by atoms with Crippen LogP contribution in [-0.2, 0) is 0 Å². The quantitative estimate of drug-likeness (QED) is 0.913. The van der Waals surface area contributed by atoms with Crippen LogP contribution in [0.1, 0.15) is 44.2 Å². The molecule has 0 aliphatic carbocycles. The first-order valence-corrected chi connectivity index (χ1v) is 7.92. The molecule has 2 unspecified atom stereocenters. The van der Waals surface area contributed by atoms with E-state index in [0.717, 1.165) is 11.8 Å². The van der Waals surface area contributed by atoms with Crippen LogP contribution in [0.5, 0.6) is 5.75 Å². The lowest BCUT2D eigenvalue weighted by Gasteiger charge is -2.34. The van der Waals surface area contributed by atoms with Crippen LogP contribution in [0.2, 0.25) is 0 Å². The van der Waals surface area contributed by atoms with Gasteiger partial charge in [-0.15, -0.1) is 0 Å². The van der Waals surface area contributed by atoms with Crippen molar-refractivity contribution in [2.24, 2.45) is 0 Å². The molecule has 1 N–H and O–H groups in total. The molecule has 2 saturated heterocycles. The molecule has 3 atom stereocenters. The number of hydrogen-bond acceptors (Lipinski definition) is 3. The lowest BCUT2D eigenvalue weighted by atomic mass is 9.97. The molecule has 20 heavy (non-hydrogen) atoms. The van der Waals surface area contributed by atoms with Gasteiger partial charge in [0.1, 0.15) is 5.75 Å². The molecule has 2 fully saturated rings. The molecule has 0 aromatic heterocycles. The smallest absolute Gasteiger partial charge is 0.119 e. The van der Waals surface area contributed by atoms with Crippen molar-refractivity contribution in [1.82, 2.24) is 10.2 Å². The zero-order valence-electron chi connectivity index (χ0n) is 12.6. The Balaban J connectivity index is 1.64. The van der Waals surface area contributed by atoms with Crippen LogP contribution in [0.25, 0.3) is 0 Å². The van der Waals surface area contributed by atoms with Gasteiger partial charge in [-0.2, -0.15) is 0 Å². The molecule has 1 aromatic carbocycles. The predicted molar refractivity (Wildman–Crippen MR) is 82.2 cm³/mol. The van der Waals surface area contributed by atoms with E-state index < -0.39 is 0 Å². The maximum absolute atomic E-state index is 5.32. The van der Waals surface area contributed by atoms with E-state index in [0.29, 0.717) is 12.1 Å². The van der Waals surface area contributed by atoms with Crippen LogP contribution in [0, 0.1) is 0 Å². The summed E-state index contributed by atoms with van der Waals surface area (Å²) in [7, 11) is 1.73. The lowest BCUT2D eigenvalue weighted by molar-refractivity contribution is 0.177. The second kappa shape index (κ2) is 6.15. The van der Waals surface area contributed by atoms with Gasteiger partial charge >= 0.3 is 0 Å². The highest BCUT2D eigenvalue weighted by atomic mass is 16.5. The van der Waals surface area contributed by atoms with Crippen molar-refractivity contribution in [1.29, 1.82) is 0 Å². The molecule has 1 aromatic rings. The van der Waals surface area contributed by atoms with Gasteiger partial charge in [0.25, 0.3) is 0 Å². The molecule has 2 aliphatic rings. The molecule has 0 radical (unpaired) electrons. The number of nitrogens with one attached hydrogen (secondary N) is 1. The van der Waals surface area contributed by atoms with E-state index in [2.05, 4.69) is 35.3 Å². The Morgan fingerprint density at radius 3 is 3.00 bits per heavy atom. The molecule has 0 bridgehead atoms. The zero-order chi connectivity index (χ0) is 13.9. The normalized spacial score (nSPS) is 28.1. The second-order valence-corrected chi connectivity index (χ2v) is 6.16. The van der Waals surface area contributed by atoms with E-state index in [1.54, 1.807) is 7.11 Å². The van der Waals surface area contributed by atoms with Crippen molar-refractivity contribution in [3.05, 3.63) is 29.8 Å². The highest BCUT2D eigenvalue weighted by molar-refractivity contribution is 5.30. The maximum atomic E-state index is 5.32. The van der Waals surface area contributed by atoms with Crippen molar-refractivity contribution in [2.45, 2.75) is 50.7 Å². The molecule has 3 nitrogen and oxygen atoms in total. The number of methoxy groups -OCH3 is 1. The first-order valence-electron chi connectivity index (χ1n) is 7.92. The Bertz CT molecular complexity index is 448. The van der Waals surface area contributed by atoms with Crippen LogP contribution in [0.4, 0.5) is 0 Å². The molecule has 2 aliphatic heterocycles. The Hall–Kier alpha value is -1.06. The van der Waals surface area contributed by atoms with Gasteiger partial charge in [-0.25, -0.2) is 0 Å². The Morgan fingerprint density at radius 1 is 1.25 bits per heavy atom. The molecule has 2 heterocycles. The van der Waals surface area contributed by atoms with Gasteiger partial charge in [-0.1, -0.05) is 18.6 Å². The Labute approximate surface area is 122 Å². The van der Waals surface area contributed by atoms with Crippen molar-refractivity contribution in [3.63, 3.8) is 0 Å². The summed E-state index contributed by atoms with van der Waals surface area (Å²) >= 11 is 0. The molecule has 0 spiro atoms. The topological polar surface area (TPSA) is 24.5 Å². The third kappa shape index (κ3) is 2.84. The number of ether oxygens (including phenoxy) is 1. The van der Waals surface area contributed by atoms with E-state index in [4.69, 9.17) is 4.74 Å². The summed E-state index contributed by atoms with van der Waals surface area (Å²) in [6.45, 7) is 4.84. The summed E-state index contributed by atoms with van der Waals surface area (Å²) < 4.78 is 5.32. The molecule has 3 rings (SSSR count). The van der Waals surface area contributed by atoms with Gasteiger partial charge in [-0.3, -0.25) is 4.90 Å². The number of nitrogens with zero attached hydrogens (tertiary/aromatic N) is 1. The SMILES string of the molecule is COc1cccc([C@@H](C)NC2CCN3CCCCC23)c1. The van der Waals surface area contributed by atoms with Gasteiger partial charge in [0.05, 0.1) is 7.11 Å². The Morgan fingerprint density at radius 2 is 2.15 bits per heavy atom. The van der Waals surface area contributed by atoms with Crippen LogP contribution < -0.4 is 10.1 Å². The number of rotatable bonds is 4. The number of fused-ring (bicyclic) bond motifs is 1. The van der Waals surface area contributed by atoms with E-state index >= 15 is 0 Å². The van der Waals surface area contributed by atoms with Gasteiger partial charge < -0.3 is 10.1 Å². The fourth-order valence-electron chi connectivity index (χ4n) is 3.77. The van der Waals surface area contributed by atoms with Crippen molar-refractivity contribution < 1.29 is 4.74 Å². The van der Waals surface area contributed by atoms with Gasteiger partial charge in [0, 0.05) is 24.7 Å². The minimum absolute atomic E-state index is 0.386. The maximum Gasteiger partial charge on any atom is 0.119 e. The molecule has 0 amide bonds. The number of piperidine rings is 1. The zero-order valence-corrected chi connectivity index (χ0v) is 12.6. The van der Waals surface area contributed by atoms with Crippen molar-refractivity contribution in [3.8, 4) is 5.75 Å². The molecule has 3 heteroatoms. The van der Waals surface area contributed by atoms with Crippen molar-refractivity contribution in [2.75, 3.05) is 20.2 Å². The average molecular weight is 274 g/mol. The Kier molecular flexibility index (Phi) is 4.27. The monoisotopic (exact) mass is 274 g/mol. The van der Waals surface area contributed by atoms with Crippen LogP contribution in [0.3, 0.4) is 0 Å². The molecular weight excluding hydrogens is 248 g/mol. The fraction of sp³-hybridized carbons (Fsp3) is 0.647. The first-order chi connectivity index (χ1) is 9.78. The third-order valence-corrected chi connectivity index (χ3v) is 4.91. The van der Waals surface area contributed by atoms with E-state index in [-0.39, 0.29) is 0 Å². The fourth-order valence-corrected chi connectivity index (χ4v) is 3.77. The highest BCUT2D eigenvalue weighted by Gasteiger charge is 2.35. The average Bonchev–Trinajstić information content (AvgIpc) is 2.90. The lowest BCUT2D eigenvalue weighted by Crippen LogP contribution is -2.45. The summed E-state index contributed by atoms with van der Waals surface area (Å²) in [6.07, 6.45) is 5.43. The summed E-state index contributed by atoms with van der Waals surface area (Å²) in [5.74, 6) is 0.946. The van der Waals surface area contributed by atoms with Crippen molar-refractivity contribution >= 4 is 0 Å². The number of hydrogen-bond donors (Lipinski definition) is 1. The van der Waals surface area contributed by atoms with Crippen LogP contribution in [-0.4, -0.2) is 37.2 Å². The number of benzene rings is 1.